The van der Waals surface area contributed by atoms with E-state index in [1.165, 1.54) is 0 Å². The first-order valence-corrected chi connectivity index (χ1v) is 9.72. The number of fused-ring (bicyclic) bond motifs is 1. The maximum Gasteiger partial charge on any atom is 0.222 e. The van der Waals surface area contributed by atoms with Crippen LogP contribution >= 0.6 is 34.8 Å². The molecule has 0 saturated heterocycles. The largest absolute Gasteiger partial charge is 0.503 e. The fraction of sp³-hybridized carbons (Fsp3) is 0.368. The smallest absolute Gasteiger partial charge is 0.222 e. The third-order valence-corrected chi connectivity index (χ3v) is 5.85. The Morgan fingerprint density at radius 3 is 2.52 bits per heavy atom. The van der Waals surface area contributed by atoms with Gasteiger partial charge in [0.15, 0.2) is 11.5 Å². The predicted molar refractivity (Wildman–Crippen MR) is 106 cm³/mol. The highest BCUT2D eigenvalue weighted by Gasteiger charge is 2.28. The number of benzene rings is 1. The standard InChI is InChI=1S/C19H19Cl3N2O3/c1-10-7-11(20)8-23-14(10)3-2-4-15(25)24-6-5-12-13(9-24)17(22)19(27)18(26)16(12)21/h7-8,26-27H,2-6,9H2,1H3. The van der Waals surface area contributed by atoms with E-state index in [2.05, 4.69) is 4.98 Å². The highest BCUT2D eigenvalue weighted by Crippen LogP contribution is 2.46. The normalized spacial score (nSPS) is 13.6. The molecule has 1 aromatic carbocycles. The number of carbonyl (C=O) groups excluding carboxylic acids is 1. The van der Waals surface area contributed by atoms with Crippen molar-refractivity contribution in [1.82, 2.24) is 9.88 Å². The van der Waals surface area contributed by atoms with Gasteiger partial charge in [0.25, 0.3) is 0 Å². The van der Waals surface area contributed by atoms with Crippen molar-refractivity contribution in [2.45, 2.75) is 39.2 Å². The van der Waals surface area contributed by atoms with E-state index in [-0.39, 0.29) is 22.5 Å². The number of carbonyl (C=O) groups is 1. The van der Waals surface area contributed by atoms with E-state index in [1.807, 2.05) is 13.0 Å². The highest BCUT2D eigenvalue weighted by atomic mass is 35.5. The number of amides is 1. The fourth-order valence-electron chi connectivity index (χ4n) is 3.31. The number of hydrogen-bond donors (Lipinski definition) is 2. The second-order valence-electron chi connectivity index (χ2n) is 6.62. The second kappa shape index (κ2) is 8.13. The molecule has 0 spiro atoms. The first-order chi connectivity index (χ1) is 12.8. The Morgan fingerprint density at radius 2 is 1.85 bits per heavy atom. The zero-order chi connectivity index (χ0) is 19.7. The molecule has 1 aliphatic rings. The summed E-state index contributed by atoms with van der Waals surface area (Å²) in [5.74, 6) is -0.850. The van der Waals surface area contributed by atoms with Crippen molar-refractivity contribution in [3.63, 3.8) is 0 Å². The van der Waals surface area contributed by atoms with Gasteiger partial charge in [-0.2, -0.15) is 0 Å². The number of pyridine rings is 1. The molecule has 2 heterocycles. The minimum absolute atomic E-state index is 0.00650. The molecule has 2 N–H and O–H groups in total. The molecule has 1 amide bonds. The van der Waals surface area contributed by atoms with E-state index < -0.39 is 11.5 Å². The minimum atomic E-state index is -0.445. The van der Waals surface area contributed by atoms with E-state index in [0.717, 1.165) is 11.3 Å². The van der Waals surface area contributed by atoms with Crippen molar-refractivity contribution in [3.8, 4) is 11.5 Å². The molecule has 0 bridgehead atoms. The first-order valence-electron chi connectivity index (χ1n) is 8.59. The quantitative estimate of drug-likeness (QED) is 0.693. The Labute approximate surface area is 172 Å². The van der Waals surface area contributed by atoms with Crippen LogP contribution in [0.15, 0.2) is 12.3 Å². The number of aromatic nitrogens is 1. The summed E-state index contributed by atoms with van der Waals surface area (Å²) in [4.78, 5) is 18.6. The summed E-state index contributed by atoms with van der Waals surface area (Å²) in [5.41, 5.74) is 3.22. The molecule has 0 unspecified atom stereocenters. The van der Waals surface area contributed by atoms with Gasteiger partial charge in [0.05, 0.1) is 15.1 Å². The van der Waals surface area contributed by atoms with E-state index >= 15 is 0 Å². The molecule has 8 heteroatoms. The first kappa shape index (κ1) is 20.1. The highest BCUT2D eigenvalue weighted by molar-refractivity contribution is 6.36. The molecule has 1 aliphatic heterocycles. The second-order valence-corrected chi connectivity index (χ2v) is 7.81. The van der Waals surface area contributed by atoms with Crippen molar-refractivity contribution >= 4 is 40.7 Å². The van der Waals surface area contributed by atoms with Crippen LogP contribution in [-0.4, -0.2) is 32.5 Å². The van der Waals surface area contributed by atoms with Crippen LogP contribution in [-0.2, 0) is 24.2 Å². The number of halogens is 3. The summed E-state index contributed by atoms with van der Waals surface area (Å²) >= 11 is 18.2. The summed E-state index contributed by atoms with van der Waals surface area (Å²) in [6.07, 6.45) is 3.84. The van der Waals surface area contributed by atoms with Gasteiger partial charge < -0.3 is 15.1 Å². The summed E-state index contributed by atoms with van der Waals surface area (Å²) in [6.45, 7) is 2.70. The number of phenols is 2. The molecule has 0 fully saturated rings. The van der Waals surface area contributed by atoms with E-state index in [9.17, 15) is 15.0 Å². The lowest BCUT2D eigenvalue weighted by Crippen LogP contribution is -2.36. The molecule has 0 aliphatic carbocycles. The minimum Gasteiger partial charge on any atom is -0.503 e. The molecule has 0 saturated carbocycles. The van der Waals surface area contributed by atoms with Gasteiger partial charge in [-0.15, -0.1) is 0 Å². The van der Waals surface area contributed by atoms with Gasteiger partial charge >= 0.3 is 0 Å². The van der Waals surface area contributed by atoms with Crippen molar-refractivity contribution in [2.75, 3.05) is 6.54 Å². The summed E-state index contributed by atoms with van der Waals surface area (Å²) in [7, 11) is 0. The lowest BCUT2D eigenvalue weighted by molar-refractivity contribution is -0.132. The zero-order valence-electron chi connectivity index (χ0n) is 14.7. The van der Waals surface area contributed by atoms with Crippen LogP contribution in [0.3, 0.4) is 0 Å². The van der Waals surface area contributed by atoms with Gasteiger partial charge in [-0.25, -0.2) is 0 Å². The molecule has 144 valence electrons. The fourth-order valence-corrected chi connectivity index (χ4v) is 4.08. The van der Waals surface area contributed by atoms with Crippen molar-refractivity contribution in [2.24, 2.45) is 0 Å². The van der Waals surface area contributed by atoms with E-state index in [1.54, 1.807) is 11.1 Å². The molecule has 0 atom stereocenters. The lowest BCUT2D eigenvalue weighted by Gasteiger charge is -2.30. The number of aromatic hydroxyl groups is 2. The predicted octanol–water partition coefficient (Wildman–Crippen LogP) is 4.67. The zero-order valence-corrected chi connectivity index (χ0v) is 17.0. The summed E-state index contributed by atoms with van der Waals surface area (Å²) in [5, 5.41) is 20.5. The third-order valence-electron chi connectivity index (χ3n) is 4.83. The number of hydrogen-bond acceptors (Lipinski definition) is 4. The molecular formula is C19H19Cl3N2O3. The molecule has 1 aromatic heterocycles. The average molecular weight is 430 g/mol. The summed E-state index contributed by atoms with van der Waals surface area (Å²) in [6, 6.07) is 1.86. The Balaban J connectivity index is 1.64. The van der Waals surface area contributed by atoms with Gasteiger partial charge in [0, 0.05) is 31.4 Å². The molecule has 3 rings (SSSR count). The Hall–Kier alpha value is -1.69. The van der Waals surface area contributed by atoms with Crippen LogP contribution in [0.1, 0.15) is 35.2 Å². The SMILES string of the molecule is Cc1cc(Cl)cnc1CCCC(=O)N1CCc2c(Cl)c(O)c(O)c(Cl)c2C1. The molecule has 5 nitrogen and oxygen atoms in total. The van der Waals surface area contributed by atoms with Gasteiger partial charge in [-0.1, -0.05) is 34.8 Å². The number of rotatable bonds is 4. The average Bonchev–Trinajstić information content (AvgIpc) is 2.65. The third kappa shape index (κ3) is 4.10. The number of nitrogens with zero attached hydrogens (tertiary/aromatic N) is 2. The van der Waals surface area contributed by atoms with E-state index in [4.69, 9.17) is 34.8 Å². The molecule has 2 aromatic rings. The van der Waals surface area contributed by atoms with Gasteiger partial charge in [-0.05, 0) is 48.9 Å². The number of phenolic OH excluding ortho intramolecular Hbond substituents is 2. The lowest BCUT2D eigenvalue weighted by atomic mass is 9.98. The summed E-state index contributed by atoms with van der Waals surface area (Å²) < 4.78 is 0. The molecule has 27 heavy (non-hydrogen) atoms. The van der Waals surface area contributed by atoms with Crippen LogP contribution in [0.5, 0.6) is 11.5 Å². The van der Waals surface area contributed by atoms with Gasteiger partial charge in [-0.3, -0.25) is 9.78 Å². The van der Waals surface area contributed by atoms with Crippen molar-refractivity contribution in [3.05, 3.63) is 49.7 Å². The van der Waals surface area contributed by atoms with Crippen molar-refractivity contribution < 1.29 is 15.0 Å². The van der Waals surface area contributed by atoms with E-state index in [0.29, 0.717) is 48.4 Å². The van der Waals surface area contributed by atoms with Crippen LogP contribution in [0, 0.1) is 6.92 Å². The maximum absolute atomic E-state index is 12.6. The molecular weight excluding hydrogens is 411 g/mol. The van der Waals surface area contributed by atoms with Crippen LogP contribution < -0.4 is 0 Å². The van der Waals surface area contributed by atoms with Crippen LogP contribution in [0.2, 0.25) is 15.1 Å². The maximum atomic E-state index is 12.6. The van der Waals surface area contributed by atoms with Crippen LogP contribution in [0.4, 0.5) is 0 Å². The Kier molecular flexibility index (Phi) is 6.04. The van der Waals surface area contributed by atoms with Crippen molar-refractivity contribution in [1.29, 1.82) is 0 Å². The van der Waals surface area contributed by atoms with Gasteiger partial charge in [0.1, 0.15) is 0 Å². The Bertz CT molecular complexity index is 902. The van der Waals surface area contributed by atoms with Crippen LogP contribution in [0.25, 0.3) is 0 Å². The van der Waals surface area contributed by atoms with Gasteiger partial charge in [0.2, 0.25) is 5.91 Å². The topological polar surface area (TPSA) is 73.7 Å². The monoisotopic (exact) mass is 428 g/mol. The molecule has 0 radical (unpaired) electrons. The Morgan fingerprint density at radius 1 is 1.19 bits per heavy atom. The number of aryl methyl sites for hydroxylation is 2.